The fourth-order valence-corrected chi connectivity index (χ4v) is 1.95. The molecule has 22 heavy (non-hydrogen) atoms. The van der Waals surface area contributed by atoms with Crippen LogP contribution in [0, 0.1) is 5.82 Å². The maximum atomic E-state index is 12.8. The summed E-state index contributed by atoms with van der Waals surface area (Å²) in [4.78, 5) is 12.2. The number of para-hydroxylation sites is 2. The maximum Gasteiger partial charge on any atom is 0.241 e. The van der Waals surface area contributed by atoms with Crippen LogP contribution in [0.3, 0.4) is 0 Å². The van der Waals surface area contributed by atoms with E-state index in [2.05, 4.69) is 10.6 Å². The number of ether oxygens (including phenoxy) is 1. The van der Waals surface area contributed by atoms with Gasteiger partial charge in [-0.3, -0.25) is 4.79 Å². The quantitative estimate of drug-likeness (QED) is 0.862. The Labute approximate surface area is 129 Å². The van der Waals surface area contributed by atoms with Gasteiger partial charge in [-0.25, -0.2) is 4.39 Å². The van der Waals surface area contributed by atoms with Crippen molar-refractivity contribution in [3.05, 3.63) is 59.9 Å². The summed E-state index contributed by atoms with van der Waals surface area (Å²) in [6.45, 7) is 2.26. The molecule has 0 saturated heterocycles. The number of amides is 1. The lowest BCUT2D eigenvalue weighted by Gasteiger charge is -2.15. The Bertz CT molecular complexity index is 629. The molecule has 5 heteroatoms. The molecule has 0 radical (unpaired) electrons. The van der Waals surface area contributed by atoms with Crippen molar-refractivity contribution in [2.45, 2.75) is 19.5 Å². The van der Waals surface area contributed by atoms with E-state index >= 15 is 0 Å². The van der Waals surface area contributed by atoms with Crippen LogP contribution in [0.5, 0.6) is 5.75 Å². The molecule has 0 fully saturated rings. The van der Waals surface area contributed by atoms with Crippen LogP contribution in [-0.2, 0) is 11.3 Å². The van der Waals surface area contributed by atoms with Crippen LogP contribution in [0.25, 0.3) is 0 Å². The van der Waals surface area contributed by atoms with E-state index in [1.165, 1.54) is 12.1 Å². The lowest BCUT2D eigenvalue weighted by atomic mass is 10.2. The summed E-state index contributed by atoms with van der Waals surface area (Å²) < 4.78 is 18.0. The molecule has 0 aliphatic heterocycles. The molecule has 1 amide bonds. The number of methoxy groups -OCH3 is 1. The van der Waals surface area contributed by atoms with Gasteiger partial charge in [0.05, 0.1) is 18.8 Å². The minimum absolute atomic E-state index is 0.161. The summed E-state index contributed by atoms with van der Waals surface area (Å²) in [5, 5.41) is 5.92. The average molecular weight is 302 g/mol. The second-order valence-corrected chi connectivity index (χ2v) is 4.92. The largest absolute Gasteiger partial charge is 0.495 e. The van der Waals surface area contributed by atoms with Crippen molar-refractivity contribution in [1.29, 1.82) is 0 Å². The van der Waals surface area contributed by atoms with Gasteiger partial charge >= 0.3 is 0 Å². The molecule has 116 valence electrons. The van der Waals surface area contributed by atoms with E-state index in [-0.39, 0.29) is 11.7 Å². The zero-order valence-corrected chi connectivity index (χ0v) is 12.6. The van der Waals surface area contributed by atoms with E-state index < -0.39 is 6.04 Å². The van der Waals surface area contributed by atoms with Crippen molar-refractivity contribution in [1.82, 2.24) is 5.32 Å². The zero-order valence-electron chi connectivity index (χ0n) is 12.6. The first-order valence-corrected chi connectivity index (χ1v) is 7.02. The van der Waals surface area contributed by atoms with Crippen molar-refractivity contribution in [3.8, 4) is 5.75 Å². The fourth-order valence-electron chi connectivity index (χ4n) is 1.95. The highest BCUT2D eigenvalue weighted by molar-refractivity contribution is 5.95. The smallest absolute Gasteiger partial charge is 0.241 e. The lowest BCUT2D eigenvalue weighted by Crippen LogP contribution is -2.37. The van der Waals surface area contributed by atoms with Gasteiger partial charge < -0.3 is 15.4 Å². The Balaban J connectivity index is 1.90. The van der Waals surface area contributed by atoms with Crippen molar-refractivity contribution in [3.63, 3.8) is 0 Å². The SMILES string of the molecule is COc1ccccc1NC(=O)[C@H](C)NCc1ccc(F)cc1. The monoisotopic (exact) mass is 302 g/mol. The molecule has 0 bridgehead atoms. The Morgan fingerprint density at radius 1 is 1.18 bits per heavy atom. The van der Waals surface area contributed by atoms with Crippen LogP contribution >= 0.6 is 0 Å². The second kappa shape index (κ2) is 7.56. The van der Waals surface area contributed by atoms with Gasteiger partial charge in [0, 0.05) is 6.54 Å². The van der Waals surface area contributed by atoms with Gasteiger partial charge in [0.1, 0.15) is 11.6 Å². The molecule has 0 saturated carbocycles. The molecule has 0 aliphatic rings. The second-order valence-electron chi connectivity index (χ2n) is 4.92. The number of halogens is 1. The Kier molecular flexibility index (Phi) is 5.49. The predicted molar refractivity (Wildman–Crippen MR) is 84.3 cm³/mol. The number of carbonyl (C=O) groups is 1. The lowest BCUT2D eigenvalue weighted by molar-refractivity contribution is -0.117. The van der Waals surface area contributed by atoms with Crippen LogP contribution in [-0.4, -0.2) is 19.1 Å². The predicted octanol–water partition coefficient (Wildman–Crippen LogP) is 2.95. The van der Waals surface area contributed by atoms with Crippen LogP contribution in [0.4, 0.5) is 10.1 Å². The Morgan fingerprint density at radius 3 is 2.55 bits per heavy atom. The molecule has 2 aromatic rings. The van der Waals surface area contributed by atoms with Crippen LogP contribution in [0.1, 0.15) is 12.5 Å². The van der Waals surface area contributed by atoms with Gasteiger partial charge in [0.2, 0.25) is 5.91 Å². The number of rotatable bonds is 6. The van der Waals surface area contributed by atoms with E-state index in [1.807, 2.05) is 12.1 Å². The zero-order chi connectivity index (χ0) is 15.9. The number of carbonyl (C=O) groups excluding carboxylic acids is 1. The maximum absolute atomic E-state index is 12.8. The van der Waals surface area contributed by atoms with E-state index in [9.17, 15) is 9.18 Å². The summed E-state index contributed by atoms with van der Waals surface area (Å²) in [6, 6.07) is 13.0. The number of hydrogen-bond donors (Lipinski definition) is 2. The highest BCUT2D eigenvalue weighted by atomic mass is 19.1. The summed E-state index contributed by atoms with van der Waals surface area (Å²) >= 11 is 0. The number of hydrogen-bond acceptors (Lipinski definition) is 3. The minimum Gasteiger partial charge on any atom is -0.495 e. The molecular formula is C17H19FN2O2. The highest BCUT2D eigenvalue weighted by Gasteiger charge is 2.14. The van der Waals surface area contributed by atoms with Crippen LogP contribution in [0.15, 0.2) is 48.5 Å². The van der Waals surface area contributed by atoms with Crippen LogP contribution < -0.4 is 15.4 Å². The number of nitrogens with one attached hydrogen (secondary N) is 2. The highest BCUT2D eigenvalue weighted by Crippen LogP contribution is 2.23. The Morgan fingerprint density at radius 2 is 1.86 bits per heavy atom. The third-order valence-electron chi connectivity index (χ3n) is 3.28. The first kappa shape index (κ1) is 16.0. The third kappa shape index (κ3) is 4.30. The number of benzene rings is 2. The molecule has 0 aromatic heterocycles. The topological polar surface area (TPSA) is 50.4 Å². The average Bonchev–Trinajstić information content (AvgIpc) is 2.54. The molecular weight excluding hydrogens is 283 g/mol. The standard InChI is InChI=1S/C17H19FN2O2/c1-12(19-11-13-7-9-14(18)10-8-13)17(21)20-15-5-3-4-6-16(15)22-2/h3-10,12,19H,11H2,1-2H3,(H,20,21)/t12-/m0/s1. The van der Waals surface area contributed by atoms with Crippen LogP contribution in [0.2, 0.25) is 0 Å². The van der Waals surface area contributed by atoms with Crippen molar-refractivity contribution >= 4 is 11.6 Å². The summed E-state index contributed by atoms with van der Waals surface area (Å²) in [5.74, 6) is 0.180. The van der Waals surface area contributed by atoms with Crippen molar-refractivity contribution in [2.24, 2.45) is 0 Å². The van der Waals surface area contributed by atoms with Gasteiger partial charge in [0.15, 0.2) is 0 Å². The summed E-state index contributed by atoms with van der Waals surface area (Å²) in [6.07, 6.45) is 0. The molecule has 0 unspecified atom stereocenters. The normalized spacial score (nSPS) is 11.8. The molecule has 1 atom stereocenters. The minimum atomic E-state index is -0.394. The van der Waals surface area contributed by atoms with E-state index in [0.29, 0.717) is 18.0 Å². The molecule has 2 rings (SSSR count). The van der Waals surface area contributed by atoms with E-state index in [4.69, 9.17) is 4.74 Å². The molecule has 0 aliphatic carbocycles. The summed E-state index contributed by atoms with van der Waals surface area (Å²) in [5.41, 5.74) is 1.55. The molecule has 0 spiro atoms. The van der Waals surface area contributed by atoms with Gasteiger partial charge in [0.25, 0.3) is 0 Å². The van der Waals surface area contributed by atoms with Gasteiger partial charge in [-0.2, -0.15) is 0 Å². The fraction of sp³-hybridized carbons (Fsp3) is 0.235. The van der Waals surface area contributed by atoms with E-state index in [1.54, 1.807) is 38.3 Å². The van der Waals surface area contributed by atoms with E-state index in [0.717, 1.165) is 5.56 Å². The Hall–Kier alpha value is -2.40. The first-order chi connectivity index (χ1) is 10.6. The third-order valence-corrected chi connectivity index (χ3v) is 3.28. The molecule has 0 heterocycles. The first-order valence-electron chi connectivity index (χ1n) is 7.02. The number of anilines is 1. The molecule has 2 N–H and O–H groups in total. The van der Waals surface area contributed by atoms with Gasteiger partial charge in [-0.1, -0.05) is 24.3 Å². The molecule has 4 nitrogen and oxygen atoms in total. The van der Waals surface area contributed by atoms with Crippen molar-refractivity contribution < 1.29 is 13.9 Å². The molecule has 2 aromatic carbocycles. The van der Waals surface area contributed by atoms with Gasteiger partial charge in [-0.05, 0) is 36.8 Å². The summed E-state index contributed by atoms with van der Waals surface area (Å²) in [7, 11) is 1.56. The van der Waals surface area contributed by atoms with Crippen molar-refractivity contribution in [2.75, 3.05) is 12.4 Å². The van der Waals surface area contributed by atoms with Gasteiger partial charge in [-0.15, -0.1) is 0 Å².